The maximum absolute atomic E-state index is 11.0. The van der Waals surface area contributed by atoms with Crippen molar-refractivity contribution in [3.8, 4) is 5.75 Å². The maximum Gasteiger partial charge on any atom is 0.327 e. The van der Waals surface area contributed by atoms with Gasteiger partial charge in [-0.1, -0.05) is 12.1 Å². The van der Waals surface area contributed by atoms with E-state index in [1.165, 1.54) is 0 Å². The molecule has 0 aliphatic rings. The number of aliphatic carboxylic acids is 1. The highest BCUT2D eigenvalue weighted by Gasteiger charge is 2.32. The predicted octanol–water partition coefficient (Wildman–Crippen LogP) is 0.620. The number of hydrogen-bond donors (Lipinski definition) is 3. The van der Waals surface area contributed by atoms with Crippen molar-refractivity contribution in [2.24, 2.45) is 0 Å². The molecule has 1 aromatic rings. The van der Waals surface area contributed by atoms with Gasteiger partial charge in [-0.25, -0.2) is 0 Å². The Kier molecular flexibility index (Phi) is 4.48. The second-order valence-corrected chi connectivity index (χ2v) is 3.98. The summed E-state index contributed by atoms with van der Waals surface area (Å²) in [5.74, 6) is -0.392. The van der Waals surface area contributed by atoms with Gasteiger partial charge in [-0.15, -0.1) is 0 Å². The molecule has 0 bridgehead atoms. The first-order chi connectivity index (χ1) is 8.01. The van der Waals surface area contributed by atoms with E-state index in [9.17, 15) is 4.79 Å². The first kappa shape index (κ1) is 13.5. The van der Waals surface area contributed by atoms with E-state index in [1.54, 1.807) is 38.2 Å². The summed E-state index contributed by atoms with van der Waals surface area (Å²) in [7, 11) is 1.58. The van der Waals surface area contributed by atoms with Crippen LogP contribution in [0.3, 0.4) is 0 Å². The summed E-state index contributed by atoms with van der Waals surface area (Å²) in [6, 6.07) is 6.85. The quantitative estimate of drug-likeness (QED) is 0.678. The molecule has 0 aliphatic carbocycles. The Balaban J connectivity index is 2.63. The number of aliphatic hydroxyl groups is 1. The molecule has 0 heterocycles. The van der Waals surface area contributed by atoms with Crippen molar-refractivity contribution < 1.29 is 19.7 Å². The van der Waals surface area contributed by atoms with E-state index < -0.39 is 11.5 Å². The zero-order chi connectivity index (χ0) is 12.9. The Hall–Kier alpha value is -1.59. The molecule has 1 aromatic carbocycles. The summed E-state index contributed by atoms with van der Waals surface area (Å²) in [5, 5.41) is 20.6. The van der Waals surface area contributed by atoms with E-state index >= 15 is 0 Å². The third-order valence-electron chi connectivity index (χ3n) is 2.66. The summed E-state index contributed by atoms with van der Waals surface area (Å²) in [5.41, 5.74) is -0.331. The lowest BCUT2D eigenvalue weighted by atomic mass is 10.1. The molecule has 0 aliphatic heterocycles. The highest BCUT2D eigenvalue weighted by atomic mass is 16.5. The number of carboxylic acids is 1. The van der Waals surface area contributed by atoms with Gasteiger partial charge in [-0.2, -0.15) is 0 Å². The lowest BCUT2D eigenvalue weighted by molar-refractivity contribution is -0.145. The van der Waals surface area contributed by atoms with Crippen LogP contribution in [0.4, 0.5) is 0 Å². The zero-order valence-corrected chi connectivity index (χ0v) is 9.93. The first-order valence-electron chi connectivity index (χ1n) is 5.27. The second kappa shape index (κ2) is 5.65. The van der Waals surface area contributed by atoms with Crippen LogP contribution in [-0.2, 0) is 11.4 Å². The minimum Gasteiger partial charge on any atom is -0.491 e. The summed E-state index contributed by atoms with van der Waals surface area (Å²) < 4.78 is 5.40. The standard InChI is InChI=1S/C12H17NO4/c1-12(13-2,11(15)16)8-17-10-5-3-9(7-14)4-6-10/h3-6,13-14H,7-8H2,1-2H3,(H,15,16). The van der Waals surface area contributed by atoms with Crippen LogP contribution in [0, 0.1) is 0 Å². The highest BCUT2D eigenvalue weighted by molar-refractivity contribution is 5.78. The number of nitrogens with one attached hydrogen (secondary N) is 1. The van der Waals surface area contributed by atoms with Gasteiger partial charge in [0.05, 0.1) is 6.61 Å². The van der Waals surface area contributed by atoms with Gasteiger partial charge < -0.3 is 20.3 Å². The number of carboxylic acid groups (broad SMARTS) is 1. The number of hydrogen-bond acceptors (Lipinski definition) is 4. The van der Waals surface area contributed by atoms with E-state index in [1.807, 2.05) is 0 Å². The fourth-order valence-electron chi connectivity index (χ4n) is 1.16. The minimum absolute atomic E-state index is 0.0242. The second-order valence-electron chi connectivity index (χ2n) is 3.98. The smallest absolute Gasteiger partial charge is 0.327 e. The Morgan fingerprint density at radius 3 is 2.41 bits per heavy atom. The monoisotopic (exact) mass is 239 g/mol. The van der Waals surface area contributed by atoms with Crippen molar-refractivity contribution in [1.82, 2.24) is 5.32 Å². The van der Waals surface area contributed by atoms with Crippen LogP contribution >= 0.6 is 0 Å². The molecule has 5 nitrogen and oxygen atoms in total. The Morgan fingerprint density at radius 2 is 2.00 bits per heavy atom. The molecule has 17 heavy (non-hydrogen) atoms. The van der Waals surface area contributed by atoms with Gasteiger partial charge >= 0.3 is 5.97 Å². The molecule has 1 unspecified atom stereocenters. The van der Waals surface area contributed by atoms with Gasteiger partial charge in [-0.05, 0) is 31.7 Å². The Morgan fingerprint density at radius 1 is 1.41 bits per heavy atom. The molecule has 0 aromatic heterocycles. The number of benzene rings is 1. The summed E-state index contributed by atoms with van der Waals surface area (Å²) >= 11 is 0. The van der Waals surface area contributed by atoms with Crippen molar-refractivity contribution in [3.63, 3.8) is 0 Å². The fourth-order valence-corrected chi connectivity index (χ4v) is 1.16. The van der Waals surface area contributed by atoms with Gasteiger partial charge in [0.15, 0.2) is 0 Å². The van der Waals surface area contributed by atoms with E-state index in [2.05, 4.69) is 5.32 Å². The van der Waals surface area contributed by atoms with Crippen molar-refractivity contribution in [2.75, 3.05) is 13.7 Å². The Bertz CT molecular complexity index is 377. The van der Waals surface area contributed by atoms with Crippen molar-refractivity contribution in [2.45, 2.75) is 19.1 Å². The molecule has 94 valence electrons. The minimum atomic E-state index is -1.12. The van der Waals surface area contributed by atoms with Gasteiger partial charge in [0.25, 0.3) is 0 Å². The van der Waals surface area contributed by atoms with E-state index in [0.29, 0.717) is 5.75 Å². The van der Waals surface area contributed by atoms with Gasteiger partial charge in [0.1, 0.15) is 17.9 Å². The van der Waals surface area contributed by atoms with E-state index in [4.69, 9.17) is 14.9 Å². The lowest BCUT2D eigenvalue weighted by Gasteiger charge is -2.24. The normalized spacial score (nSPS) is 14.1. The van der Waals surface area contributed by atoms with Crippen LogP contribution in [0.25, 0.3) is 0 Å². The fraction of sp³-hybridized carbons (Fsp3) is 0.417. The molecule has 3 N–H and O–H groups in total. The predicted molar refractivity (Wildman–Crippen MR) is 63.0 cm³/mol. The molecule has 0 radical (unpaired) electrons. The number of likely N-dealkylation sites (N-methyl/N-ethyl adjacent to an activating group) is 1. The molecule has 0 saturated heterocycles. The van der Waals surface area contributed by atoms with Crippen LogP contribution in [-0.4, -0.2) is 35.4 Å². The summed E-state index contributed by atoms with van der Waals surface area (Å²) in [6.45, 7) is 1.55. The van der Waals surface area contributed by atoms with Crippen molar-refractivity contribution >= 4 is 5.97 Å². The lowest BCUT2D eigenvalue weighted by Crippen LogP contribution is -2.52. The molecule has 1 rings (SSSR count). The highest BCUT2D eigenvalue weighted by Crippen LogP contribution is 2.14. The van der Waals surface area contributed by atoms with E-state index in [-0.39, 0.29) is 13.2 Å². The van der Waals surface area contributed by atoms with Crippen LogP contribution < -0.4 is 10.1 Å². The van der Waals surface area contributed by atoms with Gasteiger partial charge in [0, 0.05) is 0 Å². The van der Waals surface area contributed by atoms with Crippen molar-refractivity contribution in [3.05, 3.63) is 29.8 Å². The van der Waals surface area contributed by atoms with E-state index in [0.717, 1.165) is 5.56 Å². The zero-order valence-electron chi connectivity index (χ0n) is 9.93. The third-order valence-corrected chi connectivity index (χ3v) is 2.66. The molecular weight excluding hydrogens is 222 g/mol. The molecule has 0 saturated carbocycles. The summed E-state index contributed by atoms with van der Waals surface area (Å²) in [6.07, 6.45) is 0. The summed E-state index contributed by atoms with van der Waals surface area (Å²) in [4.78, 5) is 11.0. The molecule has 5 heteroatoms. The SMILES string of the molecule is CNC(C)(COc1ccc(CO)cc1)C(=O)O. The average Bonchev–Trinajstić information content (AvgIpc) is 2.36. The van der Waals surface area contributed by atoms with Crippen LogP contribution in [0.1, 0.15) is 12.5 Å². The van der Waals surface area contributed by atoms with Crippen LogP contribution in [0.5, 0.6) is 5.75 Å². The largest absolute Gasteiger partial charge is 0.491 e. The van der Waals surface area contributed by atoms with Gasteiger partial charge in [-0.3, -0.25) is 4.79 Å². The van der Waals surface area contributed by atoms with Crippen LogP contribution in [0.15, 0.2) is 24.3 Å². The number of aliphatic hydroxyl groups excluding tert-OH is 1. The van der Waals surface area contributed by atoms with Crippen molar-refractivity contribution in [1.29, 1.82) is 0 Å². The molecule has 0 spiro atoms. The third kappa shape index (κ3) is 3.44. The molecular formula is C12H17NO4. The molecule has 0 fully saturated rings. The Labute approximate surface area is 100 Å². The van der Waals surface area contributed by atoms with Crippen LogP contribution in [0.2, 0.25) is 0 Å². The average molecular weight is 239 g/mol. The maximum atomic E-state index is 11.0. The number of carbonyl (C=O) groups is 1. The molecule has 0 amide bonds. The topological polar surface area (TPSA) is 78.8 Å². The first-order valence-corrected chi connectivity index (χ1v) is 5.27. The van der Waals surface area contributed by atoms with Gasteiger partial charge in [0.2, 0.25) is 0 Å². The number of rotatable bonds is 6. The molecule has 1 atom stereocenters. The number of ether oxygens (including phenoxy) is 1.